The largest absolute Gasteiger partial charge is 0.494 e. The number of carbonyl (C=O) groups excluding carboxylic acids is 2. The molecule has 0 saturated carbocycles. The third-order valence-corrected chi connectivity index (χ3v) is 5.10. The van der Waals surface area contributed by atoms with E-state index in [1.807, 2.05) is 6.92 Å². The van der Waals surface area contributed by atoms with Crippen molar-refractivity contribution in [1.82, 2.24) is 25.6 Å². The van der Waals surface area contributed by atoms with E-state index in [0.717, 1.165) is 0 Å². The van der Waals surface area contributed by atoms with E-state index in [-0.39, 0.29) is 0 Å². The lowest BCUT2D eigenvalue weighted by Crippen LogP contribution is -2.47. The fourth-order valence-corrected chi connectivity index (χ4v) is 3.50. The molecule has 0 fully saturated rings. The van der Waals surface area contributed by atoms with Gasteiger partial charge in [0, 0.05) is 7.05 Å². The molecule has 1 aromatic carbocycles. The Kier molecular flexibility index (Phi) is 6.48. The van der Waals surface area contributed by atoms with E-state index >= 15 is 0 Å². The molecule has 0 aliphatic carbocycles. The van der Waals surface area contributed by atoms with E-state index in [1.54, 1.807) is 68.0 Å². The molecule has 0 spiro atoms. The maximum atomic E-state index is 13.1. The summed E-state index contributed by atoms with van der Waals surface area (Å²) >= 11 is 0. The van der Waals surface area contributed by atoms with Crippen molar-refractivity contribution in [2.24, 2.45) is 7.05 Å². The van der Waals surface area contributed by atoms with Crippen LogP contribution >= 0.6 is 0 Å². The second-order valence-corrected chi connectivity index (χ2v) is 7.55. The summed E-state index contributed by atoms with van der Waals surface area (Å²) < 4.78 is 18.1. The minimum atomic E-state index is -0.852. The molecule has 0 radical (unpaired) electrons. The van der Waals surface area contributed by atoms with Gasteiger partial charge in [-0.25, -0.2) is 4.98 Å². The summed E-state index contributed by atoms with van der Waals surface area (Å²) in [6.45, 7) is 5.83. The predicted octanol–water partition coefficient (Wildman–Crippen LogP) is 3.16. The Morgan fingerprint density at radius 1 is 1.15 bits per heavy atom. The first-order valence-corrected chi connectivity index (χ1v) is 10.7. The van der Waals surface area contributed by atoms with Crippen LogP contribution in [0.15, 0.2) is 53.1 Å². The molecule has 1 atom stereocenters. The molecule has 0 bridgehead atoms. The highest BCUT2D eigenvalue weighted by atomic mass is 16.5. The summed E-state index contributed by atoms with van der Waals surface area (Å²) in [6.07, 6.45) is 0.677. The van der Waals surface area contributed by atoms with Gasteiger partial charge in [0.05, 0.1) is 29.5 Å². The molecule has 4 rings (SSSR count). The Bertz CT molecular complexity index is 1310. The minimum absolute atomic E-state index is 0.308. The molecule has 0 saturated heterocycles. The summed E-state index contributed by atoms with van der Waals surface area (Å²) in [5.41, 5.74) is 6.82. The lowest BCUT2D eigenvalue weighted by atomic mass is 10.1. The van der Waals surface area contributed by atoms with Crippen molar-refractivity contribution in [2.45, 2.75) is 26.9 Å². The zero-order chi connectivity index (χ0) is 24.2. The number of ether oxygens (including phenoxy) is 2. The Morgan fingerprint density at radius 2 is 1.88 bits per heavy atom. The smallest absolute Gasteiger partial charge is 0.279 e. The number of hydrogen-bond acceptors (Lipinski definition) is 7. The average molecular weight is 463 g/mol. The fraction of sp³-hybridized carbons (Fsp3) is 0.250. The van der Waals surface area contributed by atoms with Crippen molar-refractivity contribution >= 4 is 22.8 Å². The standard InChI is InChI=1S/C24H25N5O5/c1-5-32-16-8-10-17(11-9-16)34-15(3)23(30)26-27-24(31)18-13-19(20-7-6-12-33-20)25-22-21(18)14(2)28-29(22)4/h6-13,15H,5H2,1-4H3,(H,26,30)(H,27,31). The molecular weight excluding hydrogens is 438 g/mol. The van der Waals surface area contributed by atoms with Gasteiger partial charge in [-0.05, 0) is 63.2 Å². The van der Waals surface area contributed by atoms with Crippen LogP contribution in [0.25, 0.3) is 22.5 Å². The number of hydrazine groups is 1. The zero-order valence-electron chi connectivity index (χ0n) is 19.3. The van der Waals surface area contributed by atoms with Gasteiger partial charge >= 0.3 is 0 Å². The van der Waals surface area contributed by atoms with E-state index in [9.17, 15) is 9.59 Å². The van der Waals surface area contributed by atoms with E-state index in [1.165, 1.54) is 6.26 Å². The Morgan fingerprint density at radius 3 is 2.56 bits per heavy atom. The van der Waals surface area contributed by atoms with Crippen molar-refractivity contribution in [3.63, 3.8) is 0 Å². The number of hydrogen-bond donors (Lipinski definition) is 2. The SMILES string of the molecule is CCOc1ccc(OC(C)C(=O)NNC(=O)c2cc(-c3ccco3)nc3c2c(C)nn3C)cc1. The Balaban J connectivity index is 1.48. The van der Waals surface area contributed by atoms with Crippen molar-refractivity contribution in [2.75, 3.05) is 6.61 Å². The van der Waals surface area contributed by atoms with Gasteiger partial charge in [-0.3, -0.25) is 25.1 Å². The highest BCUT2D eigenvalue weighted by Gasteiger charge is 2.21. The first-order chi connectivity index (χ1) is 16.4. The topological polar surface area (TPSA) is 121 Å². The Hall–Kier alpha value is -4.34. The second kappa shape index (κ2) is 9.65. The van der Waals surface area contributed by atoms with Gasteiger partial charge in [-0.2, -0.15) is 5.10 Å². The van der Waals surface area contributed by atoms with Crippen LogP contribution in [-0.4, -0.2) is 39.3 Å². The number of furan rings is 1. The molecule has 3 heterocycles. The quantitative estimate of drug-likeness (QED) is 0.404. The van der Waals surface area contributed by atoms with Crippen LogP contribution in [0.4, 0.5) is 0 Å². The number of aromatic nitrogens is 3. The van der Waals surface area contributed by atoms with Crippen LogP contribution < -0.4 is 20.3 Å². The van der Waals surface area contributed by atoms with Crippen molar-refractivity contribution < 1.29 is 23.5 Å². The van der Waals surface area contributed by atoms with Crippen LogP contribution in [0.5, 0.6) is 11.5 Å². The maximum Gasteiger partial charge on any atom is 0.279 e. The molecule has 0 aliphatic heterocycles. The number of amides is 2. The number of fused-ring (bicyclic) bond motifs is 1. The number of nitrogens with zero attached hydrogens (tertiary/aromatic N) is 3. The molecule has 0 aliphatic rings. The van der Waals surface area contributed by atoms with Crippen molar-refractivity contribution in [3.8, 4) is 23.0 Å². The van der Waals surface area contributed by atoms with Crippen LogP contribution in [0.3, 0.4) is 0 Å². The van der Waals surface area contributed by atoms with Crippen LogP contribution in [-0.2, 0) is 11.8 Å². The molecule has 2 N–H and O–H groups in total. The van der Waals surface area contributed by atoms with E-state index in [4.69, 9.17) is 13.9 Å². The predicted molar refractivity (Wildman–Crippen MR) is 124 cm³/mol. The molecule has 10 heteroatoms. The summed E-state index contributed by atoms with van der Waals surface area (Å²) in [4.78, 5) is 30.2. The number of carbonyl (C=O) groups is 2. The highest BCUT2D eigenvalue weighted by Crippen LogP contribution is 2.27. The molecule has 10 nitrogen and oxygen atoms in total. The normalized spacial score (nSPS) is 11.8. The lowest BCUT2D eigenvalue weighted by Gasteiger charge is -2.16. The van der Waals surface area contributed by atoms with Gasteiger partial charge in [-0.1, -0.05) is 0 Å². The second-order valence-electron chi connectivity index (χ2n) is 7.55. The van der Waals surface area contributed by atoms with Crippen LogP contribution in [0.1, 0.15) is 29.9 Å². The molecule has 4 aromatic rings. The van der Waals surface area contributed by atoms with E-state index in [2.05, 4.69) is 20.9 Å². The van der Waals surface area contributed by atoms with E-state index < -0.39 is 17.9 Å². The molecular formula is C24H25N5O5. The monoisotopic (exact) mass is 463 g/mol. The first kappa shape index (κ1) is 22.8. The summed E-state index contributed by atoms with van der Waals surface area (Å²) in [7, 11) is 1.75. The minimum Gasteiger partial charge on any atom is -0.494 e. The van der Waals surface area contributed by atoms with E-state index in [0.29, 0.717) is 51.9 Å². The molecule has 176 valence electrons. The summed E-state index contributed by atoms with van der Waals surface area (Å²) in [5.74, 6) is 0.695. The number of benzene rings is 1. The number of pyridine rings is 1. The Labute approximate surface area is 195 Å². The maximum absolute atomic E-state index is 13.1. The summed E-state index contributed by atoms with van der Waals surface area (Å²) in [5, 5.41) is 4.96. The van der Waals surface area contributed by atoms with Crippen LogP contribution in [0, 0.1) is 6.92 Å². The van der Waals surface area contributed by atoms with Gasteiger partial charge < -0.3 is 13.9 Å². The summed E-state index contributed by atoms with van der Waals surface area (Å²) in [6, 6.07) is 12.0. The van der Waals surface area contributed by atoms with Gasteiger partial charge in [0.2, 0.25) is 0 Å². The first-order valence-electron chi connectivity index (χ1n) is 10.7. The van der Waals surface area contributed by atoms with Gasteiger partial charge in [0.25, 0.3) is 11.8 Å². The average Bonchev–Trinajstić information content (AvgIpc) is 3.46. The van der Waals surface area contributed by atoms with Gasteiger partial charge in [0.1, 0.15) is 17.2 Å². The third-order valence-electron chi connectivity index (χ3n) is 5.10. The van der Waals surface area contributed by atoms with Gasteiger partial charge in [0.15, 0.2) is 17.5 Å². The number of aryl methyl sites for hydroxylation is 2. The lowest BCUT2D eigenvalue weighted by molar-refractivity contribution is -0.128. The van der Waals surface area contributed by atoms with Gasteiger partial charge in [-0.15, -0.1) is 0 Å². The molecule has 2 amide bonds. The number of rotatable bonds is 7. The van der Waals surface area contributed by atoms with Crippen molar-refractivity contribution in [1.29, 1.82) is 0 Å². The fourth-order valence-electron chi connectivity index (χ4n) is 3.50. The third kappa shape index (κ3) is 4.70. The molecule has 34 heavy (non-hydrogen) atoms. The van der Waals surface area contributed by atoms with Crippen molar-refractivity contribution in [3.05, 3.63) is 60.0 Å². The molecule has 1 unspecified atom stereocenters. The zero-order valence-corrected chi connectivity index (χ0v) is 19.3. The number of nitrogens with one attached hydrogen (secondary N) is 2. The van der Waals surface area contributed by atoms with Crippen LogP contribution in [0.2, 0.25) is 0 Å². The highest BCUT2D eigenvalue weighted by molar-refractivity contribution is 6.07. The molecule has 3 aromatic heterocycles.